The van der Waals surface area contributed by atoms with Crippen LogP contribution in [0.1, 0.15) is 25.3 Å². The minimum Gasteiger partial charge on any atom is -0.497 e. The van der Waals surface area contributed by atoms with Gasteiger partial charge in [0, 0.05) is 37.7 Å². The van der Waals surface area contributed by atoms with Crippen molar-refractivity contribution in [2.45, 2.75) is 32.4 Å². The molecule has 2 heterocycles. The molecule has 146 valence electrons. The van der Waals surface area contributed by atoms with Crippen LogP contribution in [0, 0.1) is 0 Å². The Labute approximate surface area is 165 Å². The highest BCUT2D eigenvalue weighted by molar-refractivity contribution is 5.55. The molecule has 2 aromatic heterocycles. The molecule has 0 radical (unpaired) electrons. The zero-order valence-corrected chi connectivity index (χ0v) is 16.2. The van der Waals surface area contributed by atoms with E-state index in [4.69, 9.17) is 4.74 Å². The van der Waals surface area contributed by atoms with Gasteiger partial charge in [0.1, 0.15) is 23.6 Å². The van der Waals surface area contributed by atoms with Crippen molar-refractivity contribution in [3.8, 4) is 17.3 Å². The number of methoxy groups -OCH3 is 1. The van der Waals surface area contributed by atoms with Crippen molar-refractivity contribution in [2.24, 2.45) is 0 Å². The van der Waals surface area contributed by atoms with E-state index < -0.39 is 0 Å². The molecule has 0 saturated heterocycles. The maximum Gasteiger partial charge on any atom is 0.178 e. The molecule has 28 heavy (non-hydrogen) atoms. The number of hydrogen-bond acceptors (Lipinski definition) is 7. The summed E-state index contributed by atoms with van der Waals surface area (Å²) in [4.78, 5) is 19.6. The fraction of sp³-hybridized carbons (Fsp3) is 0.333. The second-order valence-corrected chi connectivity index (χ2v) is 6.52. The second kappa shape index (κ2) is 9.75. The predicted octanol–water partition coefficient (Wildman–Crippen LogP) is 3.11. The van der Waals surface area contributed by atoms with Gasteiger partial charge in [-0.1, -0.05) is 12.1 Å². The third-order valence-corrected chi connectivity index (χ3v) is 4.57. The first-order valence-electron chi connectivity index (χ1n) is 9.31. The van der Waals surface area contributed by atoms with Gasteiger partial charge in [0.2, 0.25) is 0 Å². The second-order valence-electron chi connectivity index (χ2n) is 6.52. The fourth-order valence-corrected chi connectivity index (χ4v) is 2.99. The van der Waals surface area contributed by atoms with E-state index in [1.807, 2.05) is 30.3 Å². The molecule has 1 N–H and O–H groups in total. The predicted molar refractivity (Wildman–Crippen MR) is 108 cm³/mol. The molecule has 7 heteroatoms. The Bertz CT molecular complexity index is 858. The van der Waals surface area contributed by atoms with Crippen LogP contribution in [0.5, 0.6) is 5.75 Å². The average molecular weight is 379 g/mol. The summed E-state index contributed by atoms with van der Waals surface area (Å²) in [5.74, 6) is 2.20. The van der Waals surface area contributed by atoms with Crippen LogP contribution >= 0.6 is 0 Å². The van der Waals surface area contributed by atoms with Gasteiger partial charge in [-0.2, -0.15) is 0 Å². The van der Waals surface area contributed by atoms with E-state index in [0.717, 1.165) is 30.0 Å². The number of ether oxygens (including phenoxy) is 1. The Balaban J connectivity index is 1.89. The Morgan fingerprint density at radius 1 is 1.07 bits per heavy atom. The minimum absolute atomic E-state index is 0.174. The molecule has 1 atom stereocenters. The van der Waals surface area contributed by atoms with Crippen molar-refractivity contribution in [3.05, 3.63) is 60.7 Å². The zero-order chi connectivity index (χ0) is 19.8. The third-order valence-electron chi connectivity index (χ3n) is 4.57. The number of nitrogens with zero attached hydrogens (tertiary/aromatic N) is 5. The quantitative estimate of drug-likeness (QED) is 0.611. The van der Waals surface area contributed by atoms with E-state index >= 15 is 0 Å². The largest absolute Gasteiger partial charge is 0.497 e. The lowest BCUT2D eigenvalue weighted by molar-refractivity contribution is 0.279. The molecule has 0 amide bonds. The van der Waals surface area contributed by atoms with Crippen molar-refractivity contribution in [1.29, 1.82) is 0 Å². The summed E-state index contributed by atoms with van der Waals surface area (Å²) in [6, 6.07) is 11.9. The monoisotopic (exact) mass is 379 g/mol. The molecule has 0 aliphatic heterocycles. The van der Waals surface area contributed by atoms with Crippen LogP contribution in [0.4, 0.5) is 5.82 Å². The van der Waals surface area contributed by atoms with E-state index in [-0.39, 0.29) is 12.6 Å². The average Bonchev–Trinajstić information content (AvgIpc) is 2.77. The number of anilines is 1. The van der Waals surface area contributed by atoms with Gasteiger partial charge in [-0.15, -0.1) is 0 Å². The van der Waals surface area contributed by atoms with Gasteiger partial charge in [0.05, 0.1) is 7.11 Å². The lowest BCUT2D eigenvalue weighted by Gasteiger charge is -2.30. The molecular weight excluding hydrogens is 354 g/mol. The molecule has 0 bridgehead atoms. The summed E-state index contributed by atoms with van der Waals surface area (Å²) in [5.41, 5.74) is 1.83. The van der Waals surface area contributed by atoms with Crippen LogP contribution < -0.4 is 9.64 Å². The Morgan fingerprint density at radius 2 is 1.82 bits per heavy atom. The Morgan fingerprint density at radius 3 is 2.50 bits per heavy atom. The molecule has 0 saturated carbocycles. The molecule has 3 aromatic rings. The highest BCUT2D eigenvalue weighted by atomic mass is 16.5. The van der Waals surface area contributed by atoms with E-state index in [1.54, 1.807) is 31.9 Å². The number of benzene rings is 1. The van der Waals surface area contributed by atoms with Crippen molar-refractivity contribution >= 4 is 5.82 Å². The number of aliphatic hydroxyl groups excluding tert-OH is 1. The standard InChI is InChI=1S/C21H25N5O2/c1-16(5-3-12-27)26(14-17-6-8-18(28-2)9-7-17)20-13-19(24-15-25-20)21-22-10-4-11-23-21/h4,6-11,13,15-16,27H,3,5,12,14H2,1-2H3. The summed E-state index contributed by atoms with van der Waals surface area (Å²) in [7, 11) is 1.66. The van der Waals surface area contributed by atoms with Gasteiger partial charge < -0.3 is 14.7 Å². The summed E-state index contributed by atoms with van der Waals surface area (Å²) in [5, 5.41) is 9.23. The van der Waals surface area contributed by atoms with Crippen LogP contribution in [-0.4, -0.2) is 44.8 Å². The van der Waals surface area contributed by atoms with E-state index in [1.165, 1.54) is 0 Å². The molecule has 7 nitrogen and oxygen atoms in total. The lowest BCUT2D eigenvalue weighted by Crippen LogP contribution is -2.33. The minimum atomic E-state index is 0.174. The van der Waals surface area contributed by atoms with Crippen LogP contribution in [0.2, 0.25) is 0 Å². The van der Waals surface area contributed by atoms with Gasteiger partial charge in [0.25, 0.3) is 0 Å². The molecule has 1 unspecified atom stereocenters. The van der Waals surface area contributed by atoms with Crippen molar-refractivity contribution < 1.29 is 9.84 Å². The zero-order valence-electron chi connectivity index (χ0n) is 16.2. The highest BCUT2D eigenvalue weighted by Gasteiger charge is 2.18. The Hall–Kier alpha value is -3.06. The lowest BCUT2D eigenvalue weighted by atomic mass is 10.1. The maximum atomic E-state index is 9.23. The molecule has 1 aromatic carbocycles. The third kappa shape index (κ3) is 5.01. The van der Waals surface area contributed by atoms with E-state index in [9.17, 15) is 5.11 Å². The summed E-state index contributed by atoms with van der Waals surface area (Å²) < 4.78 is 5.25. The van der Waals surface area contributed by atoms with Crippen molar-refractivity contribution in [1.82, 2.24) is 19.9 Å². The SMILES string of the molecule is COc1ccc(CN(c2cc(-c3ncccn3)ncn2)C(C)CCCO)cc1. The molecular formula is C21H25N5O2. The van der Waals surface area contributed by atoms with E-state index in [0.29, 0.717) is 18.1 Å². The number of rotatable bonds is 9. The summed E-state index contributed by atoms with van der Waals surface area (Å²) in [6.07, 6.45) is 6.53. The maximum absolute atomic E-state index is 9.23. The summed E-state index contributed by atoms with van der Waals surface area (Å²) >= 11 is 0. The first-order valence-corrected chi connectivity index (χ1v) is 9.31. The molecule has 3 rings (SSSR count). The molecule has 0 aliphatic rings. The first kappa shape index (κ1) is 19.7. The number of hydrogen-bond donors (Lipinski definition) is 1. The molecule has 0 fully saturated rings. The summed E-state index contributed by atoms with van der Waals surface area (Å²) in [6.45, 7) is 3.00. The van der Waals surface area contributed by atoms with Crippen molar-refractivity contribution in [3.63, 3.8) is 0 Å². The molecule has 0 aliphatic carbocycles. The Kier molecular flexibility index (Phi) is 6.86. The smallest absolute Gasteiger partial charge is 0.178 e. The number of aromatic nitrogens is 4. The van der Waals surface area contributed by atoms with Crippen molar-refractivity contribution in [2.75, 3.05) is 18.6 Å². The number of aliphatic hydroxyl groups is 1. The molecule has 0 spiro atoms. The highest BCUT2D eigenvalue weighted by Crippen LogP contribution is 2.24. The van der Waals surface area contributed by atoms with Gasteiger partial charge in [-0.3, -0.25) is 0 Å². The van der Waals surface area contributed by atoms with Crippen LogP contribution in [-0.2, 0) is 6.54 Å². The van der Waals surface area contributed by atoms with Crippen LogP contribution in [0.25, 0.3) is 11.5 Å². The first-order chi connectivity index (χ1) is 13.7. The van der Waals surface area contributed by atoms with E-state index in [2.05, 4.69) is 31.8 Å². The fourth-order valence-electron chi connectivity index (χ4n) is 2.99. The normalized spacial score (nSPS) is 11.8. The van der Waals surface area contributed by atoms with Crippen LogP contribution in [0.3, 0.4) is 0 Å². The van der Waals surface area contributed by atoms with Crippen LogP contribution in [0.15, 0.2) is 55.1 Å². The topological polar surface area (TPSA) is 84.3 Å². The van der Waals surface area contributed by atoms with Gasteiger partial charge in [-0.25, -0.2) is 19.9 Å². The van der Waals surface area contributed by atoms with Gasteiger partial charge in [0.15, 0.2) is 5.82 Å². The van der Waals surface area contributed by atoms with Gasteiger partial charge >= 0.3 is 0 Å². The van der Waals surface area contributed by atoms with Gasteiger partial charge in [-0.05, 0) is 43.5 Å².